The molecule has 1 N–H and O–H groups in total. The predicted molar refractivity (Wildman–Crippen MR) is 97.7 cm³/mol. The lowest BCUT2D eigenvalue weighted by Gasteiger charge is -2.30. The van der Waals surface area contributed by atoms with Crippen LogP contribution in [0.1, 0.15) is 16.8 Å². The smallest absolute Gasteiger partial charge is 0.252 e. The predicted octanol–water partition coefficient (Wildman–Crippen LogP) is 0.899. The Morgan fingerprint density at radius 3 is 2.92 bits per heavy atom. The molecular weight excluding hydrogens is 332 g/mol. The fourth-order valence-electron chi connectivity index (χ4n) is 3.28. The number of hydrogen-bond acceptors (Lipinski definition) is 5. The van der Waals surface area contributed by atoms with Crippen molar-refractivity contribution in [2.75, 3.05) is 27.7 Å². The summed E-state index contributed by atoms with van der Waals surface area (Å²) >= 11 is 0. The molecule has 0 bridgehead atoms. The molecule has 1 aliphatic heterocycles. The molecule has 2 heterocycles. The maximum absolute atomic E-state index is 12.7. The second-order valence-electron chi connectivity index (χ2n) is 6.91. The molecule has 2 aromatic rings. The van der Waals surface area contributed by atoms with Crippen molar-refractivity contribution >= 4 is 5.91 Å². The van der Waals surface area contributed by atoms with Crippen molar-refractivity contribution in [3.63, 3.8) is 0 Å². The minimum absolute atomic E-state index is 0.240. The Labute approximate surface area is 153 Å². The zero-order valence-electron chi connectivity index (χ0n) is 15.6. The molecule has 0 radical (unpaired) electrons. The van der Waals surface area contributed by atoms with Gasteiger partial charge < -0.3 is 19.6 Å². The van der Waals surface area contributed by atoms with Crippen LogP contribution in [-0.4, -0.2) is 64.4 Å². The first-order chi connectivity index (χ1) is 12.5. The number of carbonyl (C=O) groups excluding carboxylic acids is 1. The van der Waals surface area contributed by atoms with E-state index < -0.39 is 6.10 Å². The fourth-order valence-corrected chi connectivity index (χ4v) is 3.28. The second-order valence-corrected chi connectivity index (χ2v) is 6.91. The monoisotopic (exact) mass is 358 g/mol. The SMILES string of the molecule is COc1cccc(CC(O)C(=O)N2CCn3ncc(CN(C)C)c3C2)c1. The van der Waals surface area contributed by atoms with Gasteiger partial charge in [0.1, 0.15) is 11.9 Å². The zero-order chi connectivity index (χ0) is 18.7. The summed E-state index contributed by atoms with van der Waals surface area (Å²) in [6.45, 7) is 2.48. The van der Waals surface area contributed by atoms with Crippen molar-refractivity contribution in [3.8, 4) is 5.75 Å². The first-order valence-electron chi connectivity index (χ1n) is 8.76. The number of hydrogen-bond donors (Lipinski definition) is 1. The third-order valence-corrected chi connectivity index (χ3v) is 4.60. The van der Waals surface area contributed by atoms with Crippen LogP contribution in [0.2, 0.25) is 0 Å². The Morgan fingerprint density at radius 2 is 2.19 bits per heavy atom. The molecule has 1 unspecified atom stereocenters. The highest BCUT2D eigenvalue weighted by molar-refractivity contribution is 5.81. The van der Waals surface area contributed by atoms with Gasteiger partial charge in [0.05, 0.1) is 32.1 Å². The van der Waals surface area contributed by atoms with Gasteiger partial charge in [0.2, 0.25) is 0 Å². The first-order valence-corrected chi connectivity index (χ1v) is 8.76. The van der Waals surface area contributed by atoms with Crippen molar-refractivity contribution in [2.24, 2.45) is 0 Å². The van der Waals surface area contributed by atoms with E-state index in [0.29, 0.717) is 19.6 Å². The topological polar surface area (TPSA) is 70.8 Å². The minimum Gasteiger partial charge on any atom is -0.497 e. The minimum atomic E-state index is -1.06. The van der Waals surface area contributed by atoms with Crippen LogP contribution in [0.15, 0.2) is 30.5 Å². The lowest BCUT2D eigenvalue weighted by atomic mass is 10.1. The van der Waals surface area contributed by atoms with Crippen LogP contribution in [0.3, 0.4) is 0 Å². The lowest BCUT2D eigenvalue weighted by molar-refractivity contribution is -0.141. The van der Waals surface area contributed by atoms with Crippen molar-refractivity contribution in [3.05, 3.63) is 47.3 Å². The highest BCUT2D eigenvalue weighted by atomic mass is 16.5. The summed E-state index contributed by atoms with van der Waals surface area (Å²) in [7, 11) is 5.62. The van der Waals surface area contributed by atoms with Crippen molar-refractivity contribution in [2.45, 2.75) is 32.2 Å². The molecule has 0 fully saturated rings. The standard InChI is InChI=1S/C19H26N4O3/c1-21(2)12-15-11-20-23-8-7-22(13-17(15)23)19(25)18(24)10-14-5-4-6-16(9-14)26-3/h4-6,9,11,18,24H,7-8,10,12-13H2,1-3H3. The van der Waals surface area contributed by atoms with Crippen LogP contribution in [-0.2, 0) is 30.8 Å². The number of aliphatic hydroxyl groups is 1. The number of aromatic nitrogens is 2. The van der Waals surface area contributed by atoms with E-state index in [1.807, 2.05) is 49.2 Å². The molecule has 140 valence electrons. The van der Waals surface area contributed by atoms with Gasteiger partial charge in [-0.25, -0.2) is 0 Å². The molecule has 1 atom stereocenters. The van der Waals surface area contributed by atoms with Gasteiger partial charge in [-0.15, -0.1) is 0 Å². The van der Waals surface area contributed by atoms with Gasteiger partial charge in [0.15, 0.2) is 0 Å². The third kappa shape index (κ3) is 4.05. The summed E-state index contributed by atoms with van der Waals surface area (Å²) in [5.74, 6) is 0.480. The Morgan fingerprint density at radius 1 is 1.38 bits per heavy atom. The van der Waals surface area contributed by atoms with E-state index in [9.17, 15) is 9.90 Å². The second kappa shape index (κ2) is 7.88. The number of aliphatic hydroxyl groups excluding tert-OH is 1. The average Bonchev–Trinajstić information content (AvgIpc) is 3.02. The molecule has 0 saturated heterocycles. The lowest BCUT2D eigenvalue weighted by Crippen LogP contribution is -2.44. The quantitative estimate of drug-likeness (QED) is 0.831. The van der Waals surface area contributed by atoms with Crippen LogP contribution in [0.5, 0.6) is 5.75 Å². The van der Waals surface area contributed by atoms with Crippen LogP contribution in [0.25, 0.3) is 0 Å². The van der Waals surface area contributed by atoms with E-state index in [1.54, 1.807) is 12.0 Å². The van der Waals surface area contributed by atoms with Gasteiger partial charge >= 0.3 is 0 Å². The largest absolute Gasteiger partial charge is 0.497 e. The van der Waals surface area contributed by atoms with Crippen LogP contribution < -0.4 is 4.74 Å². The van der Waals surface area contributed by atoms with E-state index in [-0.39, 0.29) is 12.3 Å². The number of carbonyl (C=O) groups is 1. The molecule has 3 rings (SSSR count). The average molecular weight is 358 g/mol. The number of amides is 1. The van der Waals surface area contributed by atoms with Gasteiger partial charge in [0.25, 0.3) is 5.91 Å². The Balaban J connectivity index is 1.67. The molecule has 1 aromatic heterocycles. The number of benzene rings is 1. The summed E-state index contributed by atoms with van der Waals surface area (Å²) in [4.78, 5) is 16.5. The summed E-state index contributed by atoms with van der Waals surface area (Å²) in [6.07, 6.45) is 1.08. The maximum atomic E-state index is 12.7. The molecule has 7 nitrogen and oxygen atoms in total. The summed E-state index contributed by atoms with van der Waals surface area (Å²) < 4.78 is 7.15. The molecule has 1 aliphatic rings. The molecular formula is C19H26N4O3. The number of fused-ring (bicyclic) bond motifs is 1. The van der Waals surface area contributed by atoms with Crippen LogP contribution in [0.4, 0.5) is 0 Å². The fraction of sp³-hybridized carbons (Fsp3) is 0.474. The molecule has 7 heteroatoms. The van der Waals surface area contributed by atoms with Crippen molar-refractivity contribution in [1.29, 1.82) is 0 Å². The first kappa shape index (κ1) is 18.4. The van der Waals surface area contributed by atoms with E-state index in [4.69, 9.17) is 4.74 Å². The highest BCUT2D eigenvalue weighted by Crippen LogP contribution is 2.20. The molecule has 0 spiro atoms. The number of nitrogens with zero attached hydrogens (tertiary/aromatic N) is 4. The molecule has 26 heavy (non-hydrogen) atoms. The molecule has 1 aromatic carbocycles. The Kier molecular flexibility index (Phi) is 5.58. The van der Waals surface area contributed by atoms with Crippen LogP contribution in [0, 0.1) is 0 Å². The Hall–Kier alpha value is -2.38. The zero-order valence-corrected chi connectivity index (χ0v) is 15.6. The van der Waals surface area contributed by atoms with E-state index in [1.165, 1.54) is 0 Å². The summed E-state index contributed by atoms with van der Waals surface area (Å²) in [6, 6.07) is 7.44. The van der Waals surface area contributed by atoms with Crippen molar-refractivity contribution < 1.29 is 14.6 Å². The Bertz CT molecular complexity index is 772. The number of ether oxygens (including phenoxy) is 1. The number of rotatable bonds is 6. The normalized spacial score (nSPS) is 15.0. The van der Waals surface area contributed by atoms with E-state index in [0.717, 1.165) is 29.1 Å². The van der Waals surface area contributed by atoms with Gasteiger partial charge in [0, 0.05) is 25.1 Å². The van der Waals surface area contributed by atoms with Gasteiger partial charge in [-0.3, -0.25) is 9.48 Å². The molecule has 0 saturated carbocycles. The summed E-state index contributed by atoms with van der Waals surface area (Å²) in [5.41, 5.74) is 3.04. The summed E-state index contributed by atoms with van der Waals surface area (Å²) in [5, 5.41) is 14.8. The van der Waals surface area contributed by atoms with Gasteiger partial charge in [-0.05, 0) is 31.8 Å². The molecule has 0 aliphatic carbocycles. The van der Waals surface area contributed by atoms with E-state index >= 15 is 0 Å². The van der Waals surface area contributed by atoms with Gasteiger partial charge in [-0.1, -0.05) is 12.1 Å². The highest BCUT2D eigenvalue weighted by Gasteiger charge is 2.28. The van der Waals surface area contributed by atoms with Crippen molar-refractivity contribution in [1.82, 2.24) is 19.6 Å². The van der Waals surface area contributed by atoms with Gasteiger partial charge in [-0.2, -0.15) is 5.10 Å². The third-order valence-electron chi connectivity index (χ3n) is 4.60. The maximum Gasteiger partial charge on any atom is 0.252 e. The van der Waals surface area contributed by atoms with Crippen LogP contribution >= 0.6 is 0 Å². The molecule has 1 amide bonds. The number of methoxy groups -OCH3 is 1. The van der Waals surface area contributed by atoms with E-state index in [2.05, 4.69) is 10.00 Å².